The van der Waals surface area contributed by atoms with Crippen molar-refractivity contribution in [1.82, 2.24) is 19.9 Å². The molecule has 30 heavy (non-hydrogen) atoms. The van der Waals surface area contributed by atoms with Crippen molar-refractivity contribution >= 4 is 33.0 Å². The predicted molar refractivity (Wildman–Crippen MR) is 93.8 cm³/mol. The Morgan fingerprint density at radius 1 is 1.17 bits per heavy atom. The molecule has 14 heteroatoms. The molecule has 1 aromatic carbocycles. The summed E-state index contributed by atoms with van der Waals surface area (Å²) in [7, 11) is -4.80. The lowest BCUT2D eigenvalue weighted by atomic mass is 10.2. The smallest absolute Gasteiger partial charge is 0.345 e. The van der Waals surface area contributed by atoms with Crippen LogP contribution < -0.4 is 5.32 Å². The zero-order valence-electron chi connectivity index (χ0n) is 14.5. The Hall–Kier alpha value is -2.80. The number of nitrogens with zero attached hydrogens (tertiary/aromatic N) is 3. The fourth-order valence-electron chi connectivity index (χ4n) is 2.44. The van der Waals surface area contributed by atoms with E-state index in [9.17, 15) is 35.2 Å². The molecule has 0 radical (unpaired) electrons. The first kappa shape index (κ1) is 21.9. The summed E-state index contributed by atoms with van der Waals surface area (Å²) in [5, 5.41) is 9.45. The fraction of sp³-hybridized carbons (Fsp3) is 0.188. The van der Waals surface area contributed by atoms with Gasteiger partial charge in [0.05, 0.1) is 22.0 Å². The second-order valence-electron chi connectivity index (χ2n) is 5.90. The van der Waals surface area contributed by atoms with E-state index in [2.05, 4.69) is 15.5 Å². The number of carbonyl (C=O) groups is 1. The molecule has 0 saturated carbocycles. The van der Waals surface area contributed by atoms with E-state index in [1.54, 1.807) is 0 Å². The van der Waals surface area contributed by atoms with Crippen LogP contribution in [0, 0.1) is 0 Å². The van der Waals surface area contributed by atoms with Gasteiger partial charge in [0, 0.05) is 11.8 Å². The molecule has 0 bridgehead atoms. The maximum absolute atomic E-state index is 13.0. The molecular weight excluding hydrogens is 459 g/mol. The summed E-state index contributed by atoms with van der Waals surface area (Å²) < 4.78 is 87.7. The molecule has 0 fully saturated rings. The summed E-state index contributed by atoms with van der Waals surface area (Å²) in [5.74, 6) is -4.40. The van der Waals surface area contributed by atoms with Gasteiger partial charge in [-0.15, -0.1) is 10.2 Å². The van der Waals surface area contributed by atoms with Crippen molar-refractivity contribution in [2.24, 2.45) is 0 Å². The number of hydrogen-bond donors (Lipinski definition) is 1. The molecule has 0 aliphatic rings. The van der Waals surface area contributed by atoms with Crippen LogP contribution >= 0.6 is 11.6 Å². The number of benzene rings is 1. The van der Waals surface area contributed by atoms with Crippen LogP contribution in [0.25, 0.3) is 5.65 Å². The van der Waals surface area contributed by atoms with Gasteiger partial charge in [-0.05, 0) is 30.3 Å². The molecule has 0 atom stereocenters. The van der Waals surface area contributed by atoms with E-state index in [1.165, 1.54) is 0 Å². The highest BCUT2D eigenvalue weighted by atomic mass is 35.5. The molecule has 0 saturated heterocycles. The summed E-state index contributed by atoms with van der Waals surface area (Å²) in [6.45, 7) is -0.339. The summed E-state index contributed by atoms with van der Waals surface area (Å²) in [5.41, 5.74) is -1.15. The molecule has 0 aliphatic carbocycles. The lowest BCUT2D eigenvalue weighted by molar-refractivity contribution is -0.137. The van der Waals surface area contributed by atoms with Crippen molar-refractivity contribution in [3.8, 4) is 0 Å². The number of pyridine rings is 1. The van der Waals surface area contributed by atoms with E-state index in [0.717, 1.165) is 34.9 Å². The lowest BCUT2D eigenvalue weighted by Crippen LogP contribution is -2.24. The van der Waals surface area contributed by atoms with E-state index in [-0.39, 0.29) is 28.6 Å². The van der Waals surface area contributed by atoms with E-state index < -0.39 is 38.1 Å². The van der Waals surface area contributed by atoms with Gasteiger partial charge in [-0.3, -0.25) is 9.20 Å². The van der Waals surface area contributed by atoms with Gasteiger partial charge >= 0.3 is 11.9 Å². The zero-order valence-corrected chi connectivity index (χ0v) is 16.1. The van der Waals surface area contributed by atoms with Gasteiger partial charge in [0.2, 0.25) is 9.84 Å². The van der Waals surface area contributed by atoms with Crippen LogP contribution in [0.2, 0.25) is 5.02 Å². The standard InChI is InChI=1S/C16H10ClF5N4O3S/c17-11-5-9(16(20,21)22)7-26-12(24-25-13(11)26)6-23-14(27)8-1-3-10(4-2-8)30(28,29)15(18)19/h1-5,7,15H,6H2,(H,23,27). The Bertz CT molecular complexity index is 1210. The highest BCUT2D eigenvalue weighted by Crippen LogP contribution is 2.32. The number of rotatable bonds is 5. The lowest BCUT2D eigenvalue weighted by Gasteiger charge is -2.09. The van der Waals surface area contributed by atoms with Crippen LogP contribution in [0.15, 0.2) is 41.4 Å². The first-order chi connectivity index (χ1) is 13.9. The highest BCUT2D eigenvalue weighted by molar-refractivity contribution is 7.91. The largest absolute Gasteiger partial charge is 0.417 e. The Morgan fingerprint density at radius 3 is 2.37 bits per heavy atom. The van der Waals surface area contributed by atoms with Crippen LogP contribution in [0.4, 0.5) is 22.0 Å². The number of aromatic nitrogens is 3. The van der Waals surface area contributed by atoms with Crippen LogP contribution in [0.5, 0.6) is 0 Å². The van der Waals surface area contributed by atoms with Crippen molar-refractivity contribution in [3.63, 3.8) is 0 Å². The van der Waals surface area contributed by atoms with Gasteiger partial charge in [0.1, 0.15) is 0 Å². The molecule has 1 N–H and O–H groups in total. The highest BCUT2D eigenvalue weighted by Gasteiger charge is 2.32. The van der Waals surface area contributed by atoms with Gasteiger partial charge in [0.25, 0.3) is 5.91 Å². The predicted octanol–water partition coefficient (Wildman–Crippen LogP) is 3.33. The van der Waals surface area contributed by atoms with Crippen molar-refractivity contribution in [2.45, 2.75) is 23.4 Å². The minimum atomic E-state index is -4.80. The number of sulfone groups is 1. The Morgan fingerprint density at radius 2 is 1.80 bits per heavy atom. The van der Waals surface area contributed by atoms with Crippen molar-refractivity contribution in [2.75, 3.05) is 0 Å². The molecule has 3 aromatic rings. The monoisotopic (exact) mass is 468 g/mol. The maximum Gasteiger partial charge on any atom is 0.417 e. The van der Waals surface area contributed by atoms with Crippen LogP contribution in [0.3, 0.4) is 0 Å². The molecule has 3 rings (SSSR count). The average molecular weight is 469 g/mol. The Kier molecular flexibility index (Phi) is 5.69. The molecule has 0 aliphatic heterocycles. The third-order valence-electron chi connectivity index (χ3n) is 3.94. The second kappa shape index (κ2) is 7.80. The van der Waals surface area contributed by atoms with Gasteiger partial charge < -0.3 is 5.32 Å². The molecule has 2 heterocycles. The molecule has 0 unspecified atom stereocenters. The zero-order chi connectivity index (χ0) is 22.3. The maximum atomic E-state index is 13.0. The molecule has 0 spiro atoms. The van der Waals surface area contributed by atoms with Crippen molar-refractivity contribution in [1.29, 1.82) is 0 Å². The summed E-state index contributed by atoms with van der Waals surface area (Å²) in [4.78, 5) is 11.5. The normalized spacial score (nSPS) is 12.5. The average Bonchev–Trinajstić information content (AvgIpc) is 3.09. The summed E-state index contributed by atoms with van der Waals surface area (Å²) in [6, 6.07) is 4.43. The molecule has 7 nitrogen and oxygen atoms in total. The van der Waals surface area contributed by atoms with E-state index >= 15 is 0 Å². The van der Waals surface area contributed by atoms with Gasteiger partial charge in [-0.25, -0.2) is 8.42 Å². The van der Waals surface area contributed by atoms with E-state index in [4.69, 9.17) is 11.6 Å². The minimum Gasteiger partial charge on any atom is -0.345 e. The molecule has 2 aromatic heterocycles. The summed E-state index contributed by atoms with van der Waals surface area (Å²) >= 11 is 5.80. The van der Waals surface area contributed by atoms with Gasteiger partial charge in [0.15, 0.2) is 11.5 Å². The van der Waals surface area contributed by atoms with Gasteiger partial charge in [-0.1, -0.05) is 11.6 Å². The Labute approximate surface area is 170 Å². The number of halogens is 6. The number of hydrogen-bond acceptors (Lipinski definition) is 5. The number of carbonyl (C=O) groups excluding carboxylic acids is 1. The third-order valence-corrected chi connectivity index (χ3v) is 5.62. The van der Waals surface area contributed by atoms with Crippen molar-refractivity contribution < 1.29 is 35.2 Å². The molecule has 160 valence electrons. The van der Waals surface area contributed by atoms with E-state index in [0.29, 0.717) is 6.07 Å². The molecule has 1 amide bonds. The third kappa shape index (κ3) is 4.21. The van der Waals surface area contributed by atoms with Crippen LogP contribution in [-0.4, -0.2) is 34.7 Å². The number of alkyl halides is 5. The van der Waals surface area contributed by atoms with Crippen LogP contribution in [0.1, 0.15) is 21.7 Å². The van der Waals surface area contributed by atoms with Gasteiger partial charge in [-0.2, -0.15) is 22.0 Å². The minimum absolute atomic E-state index is 0.0459. The first-order valence-corrected chi connectivity index (χ1v) is 9.84. The number of nitrogens with one attached hydrogen (secondary N) is 1. The van der Waals surface area contributed by atoms with Crippen LogP contribution in [-0.2, 0) is 22.6 Å². The number of amides is 1. The summed E-state index contributed by atoms with van der Waals surface area (Å²) in [6.07, 6.45) is -3.93. The Balaban J connectivity index is 1.79. The number of fused-ring (bicyclic) bond motifs is 1. The van der Waals surface area contributed by atoms with Crippen molar-refractivity contribution in [3.05, 3.63) is 58.5 Å². The van der Waals surface area contributed by atoms with E-state index in [1.807, 2.05) is 0 Å². The topological polar surface area (TPSA) is 93.4 Å². The SMILES string of the molecule is O=C(NCc1nnc2c(Cl)cc(C(F)(F)F)cn12)c1ccc(S(=O)(=O)C(F)F)cc1. The second-order valence-corrected chi connectivity index (χ2v) is 8.22. The fourth-order valence-corrected chi connectivity index (χ4v) is 3.40. The molecular formula is C16H10ClF5N4O3S. The quantitative estimate of drug-likeness (QED) is 0.580. The first-order valence-electron chi connectivity index (χ1n) is 7.92.